The summed E-state index contributed by atoms with van der Waals surface area (Å²) in [6.45, 7) is 8.05. The minimum Gasteiger partial charge on any atom is -0.369 e. The average Bonchev–Trinajstić information content (AvgIpc) is 2.85. The molecule has 2 heterocycles. The van der Waals surface area contributed by atoms with Gasteiger partial charge in [-0.2, -0.15) is 5.10 Å². The third kappa shape index (κ3) is 2.21. The minimum absolute atomic E-state index is 0.561. The second-order valence-corrected chi connectivity index (χ2v) is 6.15. The van der Waals surface area contributed by atoms with Crippen molar-refractivity contribution in [3.63, 3.8) is 0 Å². The molecule has 3 nitrogen and oxygen atoms in total. The van der Waals surface area contributed by atoms with Gasteiger partial charge in [-0.25, -0.2) is 0 Å². The lowest BCUT2D eigenvalue weighted by Gasteiger charge is -2.37. The number of rotatable bonds is 2. The van der Waals surface area contributed by atoms with Gasteiger partial charge in [0.2, 0.25) is 0 Å². The summed E-state index contributed by atoms with van der Waals surface area (Å²) in [6.07, 6.45) is 5.26. The summed E-state index contributed by atoms with van der Waals surface area (Å²) in [6, 6.07) is 7.42. The maximum Gasteiger partial charge on any atom is 0.0568 e. The Bertz CT molecular complexity index is 612. The molecule has 1 unspecified atom stereocenters. The van der Waals surface area contributed by atoms with Crippen LogP contribution in [0.5, 0.6) is 0 Å². The second-order valence-electron chi connectivity index (χ2n) is 6.15. The summed E-state index contributed by atoms with van der Waals surface area (Å²) < 4.78 is 1.86. The highest BCUT2D eigenvalue weighted by molar-refractivity contribution is 5.69. The van der Waals surface area contributed by atoms with Crippen molar-refractivity contribution in [3.05, 3.63) is 36.2 Å². The predicted octanol–water partition coefficient (Wildman–Crippen LogP) is 3.81. The topological polar surface area (TPSA) is 21.1 Å². The Morgan fingerprint density at radius 1 is 1.25 bits per heavy atom. The second kappa shape index (κ2) is 4.97. The number of hydrogen-bond acceptors (Lipinski definition) is 2. The average molecular weight is 269 g/mol. The van der Waals surface area contributed by atoms with Crippen molar-refractivity contribution < 1.29 is 0 Å². The van der Waals surface area contributed by atoms with E-state index in [1.807, 2.05) is 17.9 Å². The van der Waals surface area contributed by atoms with Crippen molar-refractivity contribution in [1.82, 2.24) is 9.78 Å². The highest BCUT2D eigenvalue weighted by Crippen LogP contribution is 2.38. The summed E-state index contributed by atoms with van der Waals surface area (Å²) in [7, 11) is 1.96. The van der Waals surface area contributed by atoms with Crippen molar-refractivity contribution in [2.45, 2.75) is 39.2 Å². The first-order valence-electron chi connectivity index (χ1n) is 7.46. The molecule has 106 valence electrons. The Kier molecular flexibility index (Phi) is 3.28. The fourth-order valence-electron chi connectivity index (χ4n) is 3.11. The van der Waals surface area contributed by atoms with Gasteiger partial charge in [-0.3, -0.25) is 4.68 Å². The highest BCUT2D eigenvalue weighted by Gasteiger charge is 2.24. The molecule has 2 aromatic rings. The molecule has 1 aliphatic heterocycles. The quantitative estimate of drug-likeness (QED) is 0.826. The molecule has 0 N–H and O–H groups in total. The molecule has 0 saturated carbocycles. The van der Waals surface area contributed by atoms with E-state index in [-0.39, 0.29) is 0 Å². The SMILES string of the molecule is CC1CCN(C(C)C)c2ccc(-c3cnn(C)c3)cc21. The summed E-state index contributed by atoms with van der Waals surface area (Å²) in [5.74, 6) is 0.636. The van der Waals surface area contributed by atoms with Gasteiger partial charge >= 0.3 is 0 Å². The molecule has 0 fully saturated rings. The highest BCUT2D eigenvalue weighted by atomic mass is 15.2. The van der Waals surface area contributed by atoms with Crippen molar-refractivity contribution in [3.8, 4) is 11.1 Å². The zero-order valence-corrected chi connectivity index (χ0v) is 12.8. The molecule has 0 spiro atoms. The number of aryl methyl sites for hydroxylation is 1. The number of hydrogen-bond donors (Lipinski definition) is 0. The minimum atomic E-state index is 0.561. The van der Waals surface area contributed by atoms with Gasteiger partial charge in [-0.15, -0.1) is 0 Å². The monoisotopic (exact) mass is 269 g/mol. The van der Waals surface area contributed by atoms with Crippen molar-refractivity contribution >= 4 is 5.69 Å². The fraction of sp³-hybridized carbons (Fsp3) is 0.471. The van der Waals surface area contributed by atoms with Crippen LogP contribution in [0.1, 0.15) is 38.7 Å². The largest absolute Gasteiger partial charge is 0.369 e. The number of nitrogens with zero attached hydrogens (tertiary/aromatic N) is 3. The molecule has 20 heavy (non-hydrogen) atoms. The first kappa shape index (κ1) is 13.2. The molecule has 0 radical (unpaired) electrons. The first-order chi connectivity index (χ1) is 9.56. The van der Waals surface area contributed by atoms with Crippen LogP contribution in [0.4, 0.5) is 5.69 Å². The van der Waals surface area contributed by atoms with E-state index >= 15 is 0 Å². The molecule has 3 heteroatoms. The summed E-state index contributed by atoms with van der Waals surface area (Å²) in [5, 5.41) is 4.27. The van der Waals surface area contributed by atoms with Gasteiger partial charge in [0, 0.05) is 37.1 Å². The van der Waals surface area contributed by atoms with E-state index in [4.69, 9.17) is 0 Å². The van der Waals surface area contributed by atoms with E-state index < -0.39 is 0 Å². The van der Waals surface area contributed by atoms with Gasteiger partial charge in [-0.1, -0.05) is 13.0 Å². The molecular weight excluding hydrogens is 246 g/mol. The Morgan fingerprint density at radius 2 is 2.05 bits per heavy atom. The zero-order chi connectivity index (χ0) is 14.3. The van der Waals surface area contributed by atoms with Crippen LogP contribution in [0.15, 0.2) is 30.6 Å². The molecule has 1 aromatic heterocycles. The summed E-state index contributed by atoms with van der Waals surface area (Å²) in [5.41, 5.74) is 5.36. The maximum atomic E-state index is 4.27. The fourth-order valence-corrected chi connectivity index (χ4v) is 3.11. The van der Waals surface area contributed by atoms with Crippen molar-refractivity contribution in [1.29, 1.82) is 0 Å². The van der Waals surface area contributed by atoms with Crippen LogP contribution in [-0.4, -0.2) is 22.4 Å². The van der Waals surface area contributed by atoms with Gasteiger partial charge in [0.15, 0.2) is 0 Å². The number of aromatic nitrogens is 2. The Morgan fingerprint density at radius 3 is 2.70 bits per heavy atom. The maximum absolute atomic E-state index is 4.27. The zero-order valence-electron chi connectivity index (χ0n) is 12.8. The third-order valence-corrected chi connectivity index (χ3v) is 4.33. The van der Waals surface area contributed by atoms with Crippen LogP contribution in [-0.2, 0) is 7.05 Å². The molecule has 0 saturated heterocycles. The lowest BCUT2D eigenvalue weighted by Crippen LogP contribution is -2.36. The molecular formula is C17H23N3. The molecule has 0 amide bonds. The van der Waals surface area contributed by atoms with E-state index in [0.717, 1.165) is 6.54 Å². The lowest BCUT2D eigenvalue weighted by atomic mass is 9.88. The van der Waals surface area contributed by atoms with E-state index in [1.54, 1.807) is 0 Å². The van der Waals surface area contributed by atoms with Gasteiger partial charge < -0.3 is 4.90 Å². The Balaban J connectivity index is 2.05. The Labute approximate surface area is 121 Å². The van der Waals surface area contributed by atoms with E-state index in [2.05, 4.69) is 55.2 Å². The lowest BCUT2D eigenvalue weighted by molar-refractivity contribution is 0.573. The van der Waals surface area contributed by atoms with E-state index in [9.17, 15) is 0 Å². The van der Waals surface area contributed by atoms with Crippen LogP contribution < -0.4 is 4.90 Å². The third-order valence-electron chi connectivity index (χ3n) is 4.33. The first-order valence-corrected chi connectivity index (χ1v) is 7.46. The summed E-state index contributed by atoms with van der Waals surface area (Å²) in [4.78, 5) is 2.52. The molecule has 0 bridgehead atoms. The van der Waals surface area contributed by atoms with Gasteiger partial charge in [0.25, 0.3) is 0 Å². The molecule has 1 atom stereocenters. The molecule has 0 aliphatic carbocycles. The number of fused-ring (bicyclic) bond motifs is 1. The van der Waals surface area contributed by atoms with Crippen LogP contribution in [0.25, 0.3) is 11.1 Å². The normalized spacial score (nSPS) is 18.4. The number of anilines is 1. The molecule has 1 aromatic carbocycles. The number of benzene rings is 1. The standard InChI is InChI=1S/C17H23N3/c1-12(2)20-8-7-13(3)16-9-14(5-6-17(16)20)15-10-18-19(4)11-15/h5-6,9-13H,7-8H2,1-4H3. The van der Waals surface area contributed by atoms with Gasteiger partial charge in [0.1, 0.15) is 0 Å². The van der Waals surface area contributed by atoms with Gasteiger partial charge in [-0.05, 0) is 49.4 Å². The van der Waals surface area contributed by atoms with Crippen LogP contribution in [0.3, 0.4) is 0 Å². The summed E-state index contributed by atoms with van der Waals surface area (Å²) >= 11 is 0. The van der Waals surface area contributed by atoms with Crippen molar-refractivity contribution in [2.75, 3.05) is 11.4 Å². The smallest absolute Gasteiger partial charge is 0.0568 e. The Hall–Kier alpha value is -1.77. The van der Waals surface area contributed by atoms with Gasteiger partial charge in [0.05, 0.1) is 6.20 Å². The molecule has 1 aliphatic rings. The van der Waals surface area contributed by atoms with E-state index in [1.165, 1.54) is 28.8 Å². The van der Waals surface area contributed by atoms with Crippen molar-refractivity contribution in [2.24, 2.45) is 7.05 Å². The predicted molar refractivity (Wildman–Crippen MR) is 84.2 cm³/mol. The van der Waals surface area contributed by atoms with Crippen LogP contribution in [0.2, 0.25) is 0 Å². The van der Waals surface area contributed by atoms with Crippen LogP contribution >= 0.6 is 0 Å². The molecule has 3 rings (SSSR count). The van der Waals surface area contributed by atoms with E-state index in [0.29, 0.717) is 12.0 Å². The van der Waals surface area contributed by atoms with Crippen LogP contribution in [0, 0.1) is 0 Å².